The summed E-state index contributed by atoms with van der Waals surface area (Å²) < 4.78 is 4.60. The summed E-state index contributed by atoms with van der Waals surface area (Å²) in [7, 11) is 0. The van der Waals surface area contributed by atoms with Crippen molar-refractivity contribution in [2.24, 2.45) is 0 Å². The molecule has 15 heavy (non-hydrogen) atoms. The van der Waals surface area contributed by atoms with E-state index in [1.54, 1.807) is 12.1 Å². The van der Waals surface area contributed by atoms with E-state index in [1.165, 1.54) is 6.39 Å². The molecule has 0 aliphatic rings. The molecule has 0 saturated heterocycles. The molecule has 0 unspecified atom stereocenters. The molecule has 1 heterocycles. The molecule has 0 aliphatic carbocycles. The lowest BCUT2D eigenvalue weighted by atomic mass is 10.2. The van der Waals surface area contributed by atoms with Gasteiger partial charge in [-0.1, -0.05) is 17.3 Å². The molecular formula is C10H11N3O2. The van der Waals surface area contributed by atoms with Crippen molar-refractivity contribution in [3.63, 3.8) is 0 Å². The molecule has 0 amide bonds. The fraction of sp³-hybridized carbons (Fsp3) is 0.200. The summed E-state index contributed by atoms with van der Waals surface area (Å²) in [6.45, 7) is 1.27. The number of phenols is 1. The maximum atomic E-state index is 9.08. The van der Waals surface area contributed by atoms with Gasteiger partial charge >= 0.3 is 0 Å². The van der Waals surface area contributed by atoms with Crippen LogP contribution >= 0.6 is 0 Å². The molecular weight excluding hydrogens is 194 g/mol. The summed E-state index contributed by atoms with van der Waals surface area (Å²) in [5.74, 6) is 0.908. The molecule has 0 saturated carbocycles. The molecule has 2 aromatic rings. The number of benzene rings is 1. The lowest BCUT2D eigenvalue weighted by molar-refractivity contribution is 0.407. The molecule has 0 spiro atoms. The van der Waals surface area contributed by atoms with Crippen molar-refractivity contribution in [1.29, 1.82) is 0 Å². The molecule has 1 aromatic carbocycles. The molecule has 0 radical (unpaired) electrons. The summed E-state index contributed by atoms with van der Waals surface area (Å²) in [6, 6.07) is 7.04. The molecule has 0 fully saturated rings. The van der Waals surface area contributed by atoms with Gasteiger partial charge in [0.05, 0.1) is 6.54 Å². The normalized spacial score (nSPS) is 10.4. The lowest BCUT2D eigenvalue weighted by Crippen LogP contribution is -2.13. The van der Waals surface area contributed by atoms with Gasteiger partial charge in [-0.2, -0.15) is 4.98 Å². The first-order valence-corrected chi connectivity index (χ1v) is 4.58. The fourth-order valence-corrected chi connectivity index (χ4v) is 1.20. The topological polar surface area (TPSA) is 71.2 Å². The summed E-state index contributed by atoms with van der Waals surface area (Å²) >= 11 is 0. The first kappa shape index (κ1) is 9.67. The number of hydrogen-bond acceptors (Lipinski definition) is 5. The summed E-state index contributed by atoms with van der Waals surface area (Å²) in [4.78, 5) is 3.88. The third-order valence-electron chi connectivity index (χ3n) is 1.96. The van der Waals surface area contributed by atoms with Gasteiger partial charge in [-0.05, 0) is 17.7 Å². The van der Waals surface area contributed by atoms with Crippen LogP contribution in [0.15, 0.2) is 35.2 Å². The van der Waals surface area contributed by atoms with Gasteiger partial charge < -0.3 is 14.9 Å². The zero-order chi connectivity index (χ0) is 10.5. The van der Waals surface area contributed by atoms with Gasteiger partial charge in [-0.25, -0.2) is 0 Å². The summed E-state index contributed by atoms with van der Waals surface area (Å²) in [5, 5.41) is 15.9. The monoisotopic (exact) mass is 205 g/mol. The van der Waals surface area contributed by atoms with E-state index in [9.17, 15) is 0 Å². The number of phenolic OH excluding ortho intramolecular Hbond substituents is 1. The fourth-order valence-electron chi connectivity index (χ4n) is 1.20. The average molecular weight is 205 g/mol. The molecule has 5 heteroatoms. The maximum Gasteiger partial charge on any atom is 0.213 e. The molecule has 78 valence electrons. The minimum Gasteiger partial charge on any atom is -0.508 e. The average Bonchev–Trinajstić information content (AvgIpc) is 2.74. The SMILES string of the molecule is Oc1ccc(CNCc2ncon2)cc1. The zero-order valence-electron chi connectivity index (χ0n) is 8.05. The minimum atomic E-state index is 0.275. The van der Waals surface area contributed by atoms with E-state index < -0.39 is 0 Å². The van der Waals surface area contributed by atoms with Crippen molar-refractivity contribution >= 4 is 0 Å². The van der Waals surface area contributed by atoms with Gasteiger partial charge in [-0.15, -0.1) is 0 Å². The van der Waals surface area contributed by atoms with Crippen LogP contribution in [0.2, 0.25) is 0 Å². The smallest absolute Gasteiger partial charge is 0.213 e. The minimum absolute atomic E-state index is 0.275. The molecule has 0 aliphatic heterocycles. The molecule has 1 aromatic heterocycles. The molecule has 2 rings (SSSR count). The van der Waals surface area contributed by atoms with Gasteiger partial charge in [0, 0.05) is 6.54 Å². The highest BCUT2D eigenvalue weighted by Gasteiger charge is 1.97. The molecule has 0 bridgehead atoms. The van der Waals surface area contributed by atoms with Crippen LogP contribution in [0.4, 0.5) is 0 Å². The quantitative estimate of drug-likeness (QED) is 0.781. The maximum absolute atomic E-state index is 9.08. The third-order valence-corrected chi connectivity index (χ3v) is 1.96. The van der Waals surface area contributed by atoms with Crippen LogP contribution in [0, 0.1) is 0 Å². The van der Waals surface area contributed by atoms with Gasteiger partial charge in [-0.3, -0.25) is 0 Å². The van der Waals surface area contributed by atoms with Crippen molar-refractivity contribution in [2.75, 3.05) is 0 Å². The zero-order valence-corrected chi connectivity index (χ0v) is 8.05. The van der Waals surface area contributed by atoms with Crippen molar-refractivity contribution < 1.29 is 9.63 Å². The Bertz CT molecular complexity index is 397. The number of aromatic hydroxyl groups is 1. The lowest BCUT2D eigenvalue weighted by Gasteiger charge is -2.01. The molecule has 0 atom stereocenters. The number of hydrogen-bond donors (Lipinski definition) is 2. The van der Waals surface area contributed by atoms with Crippen LogP contribution in [0.3, 0.4) is 0 Å². The highest BCUT2D eigenvalue weighted by molar-refractivity contribution is 5.25. The largest absolute Gasteiger partial charge is 0.508 e. The summed E-state index contributed by atoms with van der Waals surface area (Å²) in [6.07, 6.45) is 1.30. The van der Waals surface area contributed by atoms with Crippen molar-refractivity contribution in [1.82, 2.24) is 15.5 Å². The van der Waals surface area contributed by atoms with E-state index in [0.29, 0.717) is 18.9 Å². The Balaban J connectivity index is 1.81. The van der Waals surface area contributed by atoms with Gasteiger partial charge in [0.25, 0.3) is 0 Å². The summed E-state index contributed by atoms with van der Waals surface area (Å²) in [5.41, 5.74) is 1.09. The highest BCUT2D eigenvalue weighted by Crippen LogP contribution is 2.09. The van der Waals surface area contributed by atoms with E-state index >= 15 is 0 Å². The van der Waals surface area contributed by atoms with Crippen LogP contribution in [0.5, 0.6) is 5.75 Å². The number of rotatable bonds is 4. The third kappa shape index (κ3) is 2.78. The molecule has 2 N–H and O–H groups in total. The Hall–Kier alpha value is -1.88. The number of nitrogens with zero attached hydrogens (tertiary/aromatic N) is 2. The van der Waals surface area contributed by atoms with Crippen molar-refractivity contribution in [2.45, 2.75) is 13.1 Å². The first-order valence-electron chi connectivity index (χ1n) is 4.58. The second-order valence-electron chi connectivity index (χ2n) is 3.12. The number of aromatic nitrogens is 2. The Labute approximate surface area is 86.7 Å². The standard InChI is InChI=1S/C10H11N3O2/c14-9-3-1-8(2-4-9)5-11-6-10-12-7-15-13-10/h1-4,7,11,14H,5-6H2. The van der Waals surface area contributed by atoms with E-state index in [2.05, 4.69) is 20.0 Å². The second-order valence-corrected chi connectivity index (χ2v) is 3.12. The van der Waals surface area contributed by atoms with E-state index in [1.807, 2.05) is 12.1 Å². The van der Waals surface area contributed by atoms with E-state index in [0.717, 1.165) is 5.56 Å². The Morgan fingerprint density at radius 3 is 2.67 bits per heavy atom. The van der Waals surface area contributed by atoms with Crippen molar-refractivity contribution in [3.05, 3.63) is 42.0 Å². The molecule has 5 nitrogen and oxygen atoms in total. The predicted molar refractivity (Wildman–Crippen MR) is 52.9 cm³/mol. The first-order chi connectivity index (χ1) is 7.34. The van der Waals surface area contributed by atoms with Gasteiger partial charge in [0.2, 0.25) is 6.39 Å². The van der Waals surface area contributed by atoms with Crippen LogP contribution in [-0.4, -0.2) is 15.2 Å². The highest BCUT2D eigenvalue weighted by atomic mass is 16.5. The van der Waals surface area contributed by atoms with Crippen LogP contribution < -0.4 is 5.32 Å². The Morgan fingerprint density at radius 2 is 2.00 bits per heavy atom. The predicted octanol–water partition coefficient (Wildman–Crippen LogP) is 1.06. The Morgan fingerprint density at radius 1 is 1.20 bits per heavy atom. The van der Waals surface area contributed by atoms with Gasteiger partial charge in [0.1, 0.15) is 5.75 Å². The van der Waals surface area contributed by atoms with Crippen LogP contribution in [0.1, 0.15) is 11.4 Å². The van der Waals surface area contributed by atoms with Crippen LogP contribution in [-0.2, 0) is 13.1 Å². The Kier molecular flexibility index (Phi) is 2.94. The van der Waals surface area contributed by atoms with Crippen molar-refractivity contribution in [3.8, 4) is 5.75 Å². The second kappa shape index (κ2) is 4.56. The van der Waals surface area contributed by atoms with E-state index in [4.69, 9.17) is 5.11 Å². The van der Waals surface area contributed by atoms with Gasteiger partial charge in [0.15, 0.2) is 5.82 Å². The number of nitrogens with one attached hydrogen (secondary N) is 1. The van der Waals surface area contributed by atoms with E-state index in [-0.39, 0.29) is 5.75 Å². The van der Waals surface area contributed by atoms with Crippen LogP contribution in [0.25, 0.3) is 0 Å².